The number of carboxylic acids is 1. The lowest BCUT2D eigenvalue weighted by Gasteiger charge is -2.23. The summed E-state index contributed by atoms with van der Waals surface area (Å²) in [5, 5.41) is 9.38. The minimum absolute atomic E-state index is 0.0169. The Kier molecular flexibility index (Phi) is 2.88. The van der Waals surface area contributed by atoms with Crippen LogP contribution in [0.2, 0.25) is 0 Å². The molecule has 2 rings (SSSR count). The number of rotatable bonds is 3. The van der Waals surface area contributed by atoms with Gasteiger partial charge < -0.3 is 9.84 Å². The second-order valence-corrected chi connectivity index (χ2v) is 4.33. The van der Waals surface area contributed by atoms with Gasteiger partial charge in [-0.1, -0.05) is 12.1 Å². The molecule has 0 saturated heterocycles. The van der Waals surface area contributed by atoms with Crippen LogP contribution < -0.4 is 4.74 Å². The van der Waals surface area contributed by atoms with Crippen molar-refractivity contribution in [2.75, 3.05) is 7.11 Å². The molecule has 1 aliphatic carbocycles. The number of ether oxygens (including phenoxy) is 1. The Morgan fingerprint density at radius 3 is 2.41 bits per heavy atom. The van der Waals surface area contributed by atoms with E-state index in [4.69, 9.17) is 4.74 Å². The highest BCUT2D eigenvalue weighted by molar-refractivity contribution is 5.94. The van der Waals surface area contributed by atoms with Gasteiger partial charge in [-0.2, -0.15) is 0 Å². The van der Waals surface area contributed by atoms with Gasteiger partial charge in [0.15, 0.2) is 0 Å². The van der Waals surface area contributed by atoms with Crippen molar-refractivity contribution in [1.29, 1.82) is 0 Å². The maximum atomic E-state index is 11.4. The van der Waals surface area contributed by atoms with E-state index in [1.54, 1.807) is 31.4 Å². The van der Waals surface area contributed by atoms with E-state index in [2.05, 4.69) is 0 Å². The molecular formula is C13H14O4. The summed E-state index contributed by atoms with van der Waals surface area (Å²) >= 11 is 0. The molecule has 1 N–H and O–H groups in total. The molecule has 4 heteroatoms. The summed E-state index contributed by atoms with van der Waals surface area (Å²) in [6.45, 7) is 0. The molecule has 1 unspecified atom stereocenters. The number of carbonyl (C=O) groups excluding carboxylic acids is 1. The maximum Gasteiger partial charge on any atom is 0.314 e. The summed E-state index contributed by atoms with van der Waals surface area (Å²) < 4.78 is 5.03. The molecule has 1 fully saturated rings. The van der Waals surface area contributed by atoms with E-state index in [0.717, 1.165) is 0 Å². The van der Waals surface area contributed by atoms with Crippen molar-refractivity contribution in [3.05, 3.63) is 29.8 Å². The summed E-state index contributed by atoms with van der Waals surface area (Å²) in [6, 6.07) is 6.91. The second-order valence-electron chi connectivity index (χ2n) is 4.33. The summed E-state index contributed by atoms with van der Waals surface area (Å²) in [6.07, 6.45) is 0.820. The molecule has 0 aliphatic heterocycles. The zero-order valence-electron chi connectivity index (χ0n) is 9.60. The lowest BCUT2D eigenvalue weighted by Crippen LogP contribution is -2.33. The van der Waals surface area contributed by atoms with Crippen LogP contribution in [0.4, 0.5) is 0 Å². The highest BCUT2D eigenvalue weighted by Crippen LogP contribution is 2.40. The van der Waals surface area contributed by atoms with Crippen molar-refractivity contribution in [2.24, 2.45) is 0 Å². The standard InChI is InChI=1S/C13H14O4/c1-17-11-4-2-9(3-5-11)13(12(15)16)7-6-10(14)8-13/h2-5H,6-8H2,1H3,(H,15,16). The third-order valence-corrected chi connectivity index (χ3v) is 3.38. The van der Waals surface area contributed by atoms with Crippen LogP contribution in [0, 0.1) is 0 Å². The third kappa shape index (κ3) is 1.90. The highest BCUT2D eigenvalue weighted by atomic mass is 16.5. The molecule has 0 aromatic heterocycles. The van der Waals surface area contributed by atoms with Crippen LogP contribution in [0.15, 0.2) is 24.3 Å². The van der Waals surface area contributed by atoms with E-state index >= 15 is 0 Å². The first-order valence-corrected chi connectivity index (χ1v) is 5.48. The van der Waals surface area contributed by atoms with Crippen LogP contribution in [0.1, 0.15) is 24.8 Å². The van der Waals surface area contributed by atoms with Crippen LogP contribution in [0.25, 0.3) is 0 Å². The van der Waals surface area contributed by atoms with E-state index < -0.39 is 11.4 Å². The van der Waals surface area contributed by atoms with Crippen molar-refractivity contribution < 1.29 is 19.4 Å². The average molecular weight is 234 g/mol. The molecule has 1 atom stereocenters. The minimum Gasteiger partial charge on any atom is -0.497 e. The Bertz CT molecular complexity index is 449. The Morgan fingerprint density at radius 1 is 1.35 bits per heavy atom. The van der Waals surface area contributed by atoms with Gasteiger partial charge in [0.25, 0.3) is 0 Å². The fourth-order valence-electron chi connectivity index (χ4n) is 2.33. The number of methoxy groups -OCH3 is 1. The summed E-state index contributed by atoms with van der Waals surface area (Å²) in [5.41, 5.74) is -0.361. The van der Waals surface area contributed by atoms with Gasteiger partial charge in [0.05, 0.1) is 12.5 Å². The van der Waals surface area contributed by atoms with Crippen molar-refractivity contribution in [2.45, 2.75) is 24.7 Å². The zero-order valence-corrected chi connectivity index (χ0v) is 9.60. The predicted octanol–water partition coefficient (Wildman–Crippen LogP) is 1.77. The molecule has 17 heavy (non-hydrogen) atoms. The van der Waals surface area contributed by atoms with E-state index in [1.165, 1.54) is 0 Å². The first-order chi connectivity index (χ1) is 8.08. The molecule has 1 aliphatic rings. The molecule has 0 radical (unpaired) electrons. The van der Waals surface area contributed by atoms with Crippen molar-refractivity contribution in [3.63, 3.8) is 0 Å². The molecule has 0 heterocycles. The fourth-order valence-corrected chi connectivity index (χ4v) is 2.33. The number of hydrogen-bond donors (Lipinski definition) is 1. The second kappa shape index (κ2) is 4.20. The van der Waals surface area contributed by atoms with Gasteiger partial charge in [-0.3, -0.25) is 9.59 Å². The summed E-state index contributed by atoms with van der Waals surface area (Å²) in [4.78, 5) is 22.8. The smallest absolute Gasteiger partial charge is 0.314 e. The van der Waals surface area contributed by atoms with Crippen LogP contribution in [-0.2, 0) is 15.0 Å². The van der Waals surface area contributed by atoms with Crippen LogP contribution in [0.3, 0.4) is 0 Å². The topological polar surface area (TPSA) is 63.6 Å². The SMILES string of the molecule is COc1ccc(C2(C(=O)O)CCC(=O)C2)cc1. The van der Waals surface area contributed by atoms with Gasteiger partial charge in [-0.25, -0.2) is 0 Å². The molecule has 4 nitrogen and oxygen atoms in total. The Morgan fingerprint density at radius 2 is 2.00 bits per heavy atom. The average Bonchev–Trinajstić information content (AvgIpc) is 2.73. The number of benzene rings is 1. The molecule has 1 saturated carbocycles. The maximum absolute atomic E-state index is 11.4. The lowest BCUT2D eigenvalue weighted by molar-refractivity contribution is -0.144. The normalized spacial score (nSPS) is 23.7. The highest BCUT2D eigenvalue weighted by Gasteiger charge is 2.46. The molecular weight excluding hydrogens is 220 g/mol. The van der Waals surface area contributed by atoms with Crippen molar-refractivity contribution >= 4 is 11.8 Å². The van der Waals surface area contributed by atoms with Crippen LogP contribution >= 0.6 is 0 Å². The molecule has 1 aromatic carbocycles. The fraction of sp³-hybridized carbons (Fsp3) is 0.385. The first kappa shape index (κ1) is 11.6. The van der Waals surface area contributed by atoms with E-state index in [1.807, 2.05) is 0 Å². The van der Waals surface area contributed by atoms with E-state index in [9.17, 15) is 14.7 Å². The number of carboxylic acid groups (broad SMARTS) is 1. The molecule has 0 bridgehead atoms. The van der Waals surface area contributed by atoms with Gasteiger partial charge in [0.2, 0.25) is 0 Å². The van der Waals surface area contributed by atoms with Gasteiger partial charge in [0.1, 0.15) is 11.5 Å². The number of ketones is 1. The van der Waals surface area contributed by atoms with E-state index in [-0.39, 0.29) is 12.2 Å². The third-order valence-electron chi connectivity index (χ3n) is 3.38. The van der Waals surface area contributed by atoms with Crippen LogP contribution in [-0.4, -0.2) is 24.0 Å². The van der Waals surface area contributed by atoms with E-state index in [0.29, 0.717) is 24.2 Å². The van der Waals surface area contributed by atoms with Crippen LogP contribution in [0.5, 0.6) is 5.75 Å². The number of Topliss-reactive ketones (excluding diaryl/α,β-unsaturated/α-hetero) is 1. The summed E-state index contributed by atoms with van der Waals surface area (Å²) in [7, 11) is 1.56. The Balaban J connectivity index is 2.39. The molecule has 1 aromatic rings. The first-order valence-electron chi connectivity index (χ1n) is 5.48. The zero-order chi connectivity index (χ0) is 12.5. The van der Waals surface area contributed by atoms with Crippen molar-refractivity contribution in [1.82, 2.24) is 0 Å². The molecule has 0 amide bonds. The van der Waals surface area contributed by atoms with Gasteiger partial charge in [-0.15, -0.1) is 0 Å². The number of hydrogen-bond acceptors (Lipinski definition) is 3. The summed E-state index contributed by atoms with van der Waals surface area (Å²) in [5.74, 6) is -0.227. The number of aliphatic carboxylic acids is 1. The van der Waals surface area contributed by atoms with Gasteiger partial charge >= 0.3 is 5.97 Å². The Labute approximate surface area is 99.2 Å². The quantitative estimate of drug-likeness (QED) is 0.865. The predicted molar refractivity (Wildman–Crippen MR) is 61.2 cm³/mol. The van der Waals surface area contributed by atoms with Gasteiger partial charge in [0, 0.05) is 12.8 Å². The minimum atomic E-state index is -1.04. The Hall–Kier alpha value is -1.84. The monoisotopic (exact) mass is 234 g/mol. The lowest BCUT2D eigenvalue weighted by atomic mass is 9.79. The molecule has 90 valence electrons. The molecule has 0 spiro atoms. The van der Waals surface area contributed by atoms with Gasteiger partial charge in [-0.05, 0) is 24.1 Å². The largest absolute Gasteiger partial charge is 0.497 e. The number of carbonyl (C=O) groups is 2. The van der Waals surface area contributed by atoms with Crippen molar-refractivity contribution in [3.8, 4) is 5.75 Å².